The van der Waals surface area contributed by atoms with Crippen LogP contribution >= 0.6 is 0 Å². The number of nitro groups is 2. The van der Waals surface area contributed by atoms with Gasteiger partial charge in [-0.1, -0.05) is 56.3 Å². The van der Waals surface area contributed by atoms with E-state index in [0.717, 1.165) is 22.6 Å². The van der Waals surface area contributed by atoms with Gasteiger partial charge in [-0.3, -0.25) is 20.2 Å². The average Bonchev–Trinajstić information content (AvgIpc) is 3.36. The number of nitro benzene ring substituents is 1. The molecular weight excluding hydrogens is 608 g/mol. The molecule has 3 aromatic carbocycles. The highest BCUT2D eigenvalue weighted by Crippen LogP contribution is 2.54. The van der Waals surface area contributed by atoms with E-state index in [0.29, 0.717) is 11.3 Å². The van der Waals surface area contributed by atoms with Crippen LogP contribution in [0.1, 0.15) is 44.4 Å². The van der Waals surface area contributed by atoms with E-state index in [9.17, 15) is 25.3 Å². The molecule has 0 amide bonds. The summed E-state index contributed by atoms with van der Waals surface area (Å²) in [7, 11) is 4.03. The predicted octanol–water partition coefficient (Wildman–Crippen LogP) is 7.44. The first-order valence-corrected chi connectivity index (χ1v) is 15.7. The zero-order chi connectivity index (χ0) is 34.6. The number of hydrogen-bond acceptors (Lipinski definition) is 8. The van der Waals surface area contributed by atoms with Crippen molar-refractivity contribution in [2.75, 3.05) is 23.9 Å². The van der Waals surface area contributed by atoms with Crippen molar-refractivity contribution in [3.8, 4) is 5.75 Å². The summed E-state index contributed by atoms with van der Waals surface area (Å²) in [5, 5.41) is 31.9. The van der Waals surface area contributed by atoms with Crippen LogP contribution in [0.4, 0.5) is 17.1 Å². The number of anilines is 2. The lowest BCUT2D eigenvalue weighted by Gasteiger charge is -2.45. The molecule has 7 rings (SSSR count). The molecule has 1 unspecified atom stereocenters. The van der Waals surface area contributed by atoms with Gasteiger partial charge in [-0.15, -0.1) is 0 Å². The molecule has 1 aliphatic carbocycles. The fourth-order valence-corrected chi connectivity index (χ4v) is 7.22. The molecule has 246 valence electrons. The van der Waals surface area contributed by atoms with Crippen LogP contribution < -0.4 is 14.5 Å². The second-order valence-electron chi connectivity index (χ2n) is 13.4. The summed E-state index contributed by atoms with van der Waals surface area (Å²) in [5.74, 6) is 0.663. The van der Waals surface area contributed by atoms with Crippen LogP contribution in [0.15, 0.2) is 120 Å². The van der Waals surface area contributed by atoms with Gasteiger partial charge in [-0.25, -0.2) is 0 Å². The van der Waals surface area contributed by atoms with Gasteiger partial charge in [0, 0.05) is 66.4 Å². The second kappa shape index (κ2) is 11.6. The Morgan fingerprint density at radius 1 is 0.854 bits per heavy atom. The number of nitrogens with zero attached hydrogens (tertiary/aromatic N) is 4. The molecule has 1 spiro atoms. The van der Waals surface area contributed by atoms with Gasteiger partial charge in [0.05, 0.1) is 21.4 Å². The molecule has 0 saturated heterocycles. The molecular formula is C38H38N4O6. The number of allylic oxidation sites excluding steroid dienone is 4. The van der Waals surface area contributed by atoms with Crippen molar-refractivity contribution in [3.63, 3.8) is 0 Å². The monoisotopic (exact) mass is 646 g/mol. The number of para-hydroxylation sites is 2. The normalized spacial score (nSPS) is 24.0. The highest BCUT2D eigenvalue weighted by molar-refractivity contribution is 5.73. The maximum Gasteiger partial charge on any atom is 0.270 e. The SMILES string of the molecule is CN1/C(=C/C=C2\C=C([N+](=O)[O-])C=C[C@@H]2O)C(C)(C)c2ccccc21.CN1c2ccccc2C(C)(C)C12C=Cc1cc([N+](=O)[O-])ccc1O2. The quantitative estimate of drug-likeness (QED) is 0.230. The minimum atomic E-state index is -0.831. The predicted molar refractivity (Wildman–Crippen MR) is 188 cm³/mol. The Morgan fingerprint density at radius 3 is 2.17 bits per heavy atom. The van der Waals surface area contributed by atoms with Crippen LogP contribution in [0.2, 0.25) is 0 Å². The minimum absolute atomic E-state index is 0.0210. The summed E-state index contributed by atoms with van der Waals surface area (Å²) in [5.41, 5.74) is 6.02. The maximum atomic E-state index is 11.0. The smallest absolute Gasteiger partial charge is 0.270 e. The minimum Gasteiger partial charge on any atom is -0.463 e. The Bertz CT molecular complexity index is 1990. The topological polar surface area (TPSA) is 122 Å². The number of non-ortho nitro benzene ring substituents is 1. The van der Waals surface area contributed by atoms with E-state index in [1.807, 2.05) is 56.6 Å². The van der Waals surface area contributed by atoms with Crippen LogP contribution in [0.25, 0.3) is 6.08 Å². The lowest BCUT2D eigenvalue weighted by atomic mass is 9.76. The first-order chi connectivity index (χ1) is 22.7. The summed E-state index contributed by atoms with van der Waals surface area (Å²) < 4.78 is 6.44. The second-order valence-corrected chi connectivity index (χ2v) is 13.4. The zero-order valence-corrected chi connectivity index (χ0v) is 27.7. The van der Waals surface area contributed by atoms with E-state index in [4.69, 9.17) is 4.74 Å². The molecule has 1 N–H and O–H groups in total. The van der Waals surface area contributed by atoms with Crippen molar-refractivity contribution in [2.45, 2.75) is 50.4 Å². The molecule has 3 aliphatic heterocycles. The molecule has 10 heteroatoms. The highest BCUT2D eigenvalue weighted by Gasteiger charge is 2.57. The van der Waals surface area contributed by atoms with Gasteiger partial charge in [0.15, 0.2) is 0 Å². The van der Waals surface area contributed by atoms with Crippen molar-refractivity contribution in [3.05, 3.63) is 157 Å². The van der Waals surface area contributed by atoms with Gasteiger partial charge in [0.25, 0.3) is 11.4 Å². The van der Waals surface area contributed by atoms with E-state index >= 15 is 0 Å². The third-order valence-electron chi connectivity index (χ3n) is 9.98. The van der Waals surface area contributed by atoms with Gasteiger partial charge < -0.3 is 19.6 Å². The van der Waals surface area contributed by atoms with E-state index in [2.05, 4.69) is 61.8 Å². The van der Waals surface area contributed by atoms with Crippen LogP contribution in [0.5, 0.6) is 5.75 Å². The fourth-order valence-electron chi connectivity index (χ4n) is 7.22. The molecule has 4 aliphatic rings. The molecule has 0 radical (unpaired) electrons. The van der Waals surface area contributed by atoms with Gasteiger partial charge in [0.2, 0.25) is 5.72 Å². The Hall–Kier alpha value is -5.48. The van der Waals surface area contributed by atoms with Crippen molar-refractivity contribution in [1.82, 2.24) is 0 Å². The lowest BCUT2D eigenvalue weighted by molar-refractivity contribution is -0.419. The van der Waals surface area contributed by atoms with E-state index in [1.54, 1.807) is 18.2 Å². The molecule has 10 nitrogen and oxygen atoms in total. The van der Waals surface area contributed by atoms with Crippen LogP contribution in [-0.2, 0) is 10.8 Å². The Kier molecular flexibility index (Phi) is 7.87. The van der Waals surface area contributed by atoms with E-state index in [1.165, 1.54) is 35.4 Å². The molecule has 0 aromatic heterocycles. The molecule has 0 fully saturated rings. The summed E-state index contributed by atoms with van der Waals surface area (Å²) in [6, 6.07) is 21.2. The average molecular weight is 647 g/mol. The number of aliphatic hydroxyl groups is 1. The number of likely N-dealkylation sites (N-methyl/N-ethyl adjacent to an activating group) is 2. The molecule has 3 aromatic rings. The maximum absolute atomic E-state index is 11.0. The number of rotatable bonds is 3. The van der Waals surface area contributed by atoms with Crippen molar-refractivity contribution >= 4 is 23.1 Å². The molecule has 0 saturated carbocycles. The Balaban J connectivity index is 0.000000167. The third-order valence-corrected chi connectivity index (χ3v) is 9.98. The van der Waals surface area contributed by atoms with Crippen molar-refractivity contribution in [2.24, 2.45) is 0 Å². The van der Waals surface area contributed by atoms with Gasteiger partial charge in [0.1, 0.15) is 5.75 Å². The molecule has 0 bridgehead atoms. The largest absolute Gasteiger partial charge is 0.463 e. The number of aliphatic hydroxyl groups excluding tert-OH is 1. The zero-order valence-electron chi connectivity index (χ0n) is 27.7. The third kappa shape index (κ3) is 5.09. The van der Waals surface area contributed by atoms with E-state index < -0.39 is 16.8 Å². The highest BCUT2D eigenvalue weighted by atomic mass is 16.6. The first kappa shape index (κ1) is 32.5. The number of benzene rings is 3. The van der Waals surface area contributed by atoms with Crippen LogP contribution in [-0.4, -0.2) is 40.9 Å². The van der Waals surface area contributed by atoms with Crippen molar-refractivity contribution in [1.29, 1.82) is 0 Å². The van der Waals surface area contributed by atoms with E-state index in [-0.39, 0.29) is 27.1 Å². The van der Waals surface area contributed by atoms with Gasteiger partial charge >= 0.3 is 0 Å². The summed E-state index contributed by atoms with van der Waals surface area (Å²) in [4.78, 5) is 25.3. The molecule has 48 heavy (non-hydrogen) atoms. The summed E-state index contributed by atoms with van der Waals surface area (Å²) in [6.45, 7) is 8.62. The lowest BCUT2D eigenvalue weighted by Crippen LogP contribution is -2.58. The van der Waals surface area contributed by atoms with Gasteiger partial charge in [-0.2, -0.15) is 0 Å². The van der Waals surface area contributed by atoms with Crippen LogP contribution in [0, 0.1) is 20.2 Å². The summed E-state index contributed by atoms with van der Waals surface area (Å²) in [6.07, 6.45) is 11.0. The Labute approximate surface area is 279 Å². The standard InChI is InChI=1S/C19H18N2O3.C19H20N2O3/c1-18(2)15-6-4-5-7-16(15)20(3)19(18)11-10-13-12-14(21(22)23)8-9-17(13)24-19;1-19(2)15-6-4-5-7-16(15)20(3)18(19)11-8-13-12-14(21(23)24)9-10-17(13)22/h4-12H,1-3H3;4-12,17,22H,1-3H3/b;13-8+,18-11+/t;17-/m.0/s1. The first-order valence-electron chi connectivity index (χ1n) is 15.7. The molecule has 3 heterocycles. The van der Waals surface area contributed by atoms with Crippen LogP contribution in [0.3, 0.4) is 0 Å². The number of fused-ring (bicyclic) bond motifs is 3. The number of hydrogen-bond donors (Lipinski definition) is 1. The number of ether oxygens (including phenoxy) is 1. The Morgan fingerprint density at radius 2 is 1.52 bits per heavy atom. The fraction of sp³-hybridized carbons (Fsp3) is 0.263. The molecule has 2 atom stereocenters. The van der Waals surface area contributed by atoms with Crippen molar-refractivity contribution < 1.29 is 19.7 Å². The van der Waals surface area contributed by atoms with Gasteiger partial charge in [-0.05, 0) is 73.1 Å². The summed E-state index contributed by atoms with van der Waals surface area (Å²) >= 11 is 0.